The molecule has 0 bridgehead atoms. The molecule has 0 aliphatic carbocycles. The van der Waals surface area contributed by atoms with E-state index in [0.29, 0.717) is 27.5 Å². The first-order valence-corrected chi connectivity index (χ1v) is 8.97. The lowest BCUT2D eigenvalue weighted by molar-refractivity contribution is -0.0584. The molecule has 0 saturated carbocycles. The van der Waals surface area contributed by atoms with Gasteiger partial charge in [-0.25, -0.2) is 14.2 Å². The van der Waals surface area contributed by atoms with Gasteiger partial charge in [-0.1, -0.05) is 17.2 Å². The number of aromatic amines is 1. The van der Waals surface area contributed by atoms with Crippen LogP contribution in [-0.4, -0.2) is 32.8 Å². The third-order valence-corrected chi connectivity index (χ3v) is 4.77. The van der Waals surface area contributed by atoms with Crippen molar-refractivity contribution in [1.29, 1.82) is 0 Å². The zero-order valence-electron chi connectivity index (χ0n) is 15.3. The minimum absolute atomic E-state index is 0.133. The molecule has 1 aromatic heterocycles. The number of amides is 2. The number of benzene rings is 3. The molecular formula is C22H12FN3O4. The number of H-pyrrole nitrogens is 1. The fraction of sp³-hybridized carbons (Fsp3) is 0. The number of fused-ring (bicyclic) bond motifs is 2. The van der Waals surface area contributed by atoms with E-state index in [2.05, 4.69) is 9.97 Å². The fourth-order valence-electron chi connectivity index (χ4n) is 3.27. The molecule has 0 saturated heterocycles. The topological polar surface area (TPSA) is 92.4 Å². The third-order valence-electron chi connectivity index (χ3n) is 4.77. The third kappa shape index (κ3) is 2.82. The summed E-state index contributed by atoms with van der Waals surface area (Å²) in [4.78, 5) is 49.8. The van der Waals surface area contributed by atoms with Gasteiger partial charge in [0.05, 0.1) is 27.7 Å². The number of hydroxylamine groups is 2. The van der Waals surface area contributed by atoms with Gasteiger partial charge in [0.1, 0.15) is 11.6 Å². The maximum atomic E-state index is 13.1. The van der Waals surface area contributed by atoms with Gasteiger partial charge < -0.3 is 9.82 Å². The highest BCUT2D eigenvalue weighted by atomic mass is 19.1. The zero-order chi connectivity index (χ0) is 20.8. The lowest BCUT2D eigenvalue weighted by Crippen LogP contribution is -2.32. The van der Waals surface area contributed by atoms with Crippen LogP contribution < -0.4 is 0 Å². The van der Waals surface area contributed by atoms with E-state index in [4.69, 9.17) is 4.84 Å². The smallest absolute Gasteiger partial charge is 0.338 e. The van der Waals surface area contributed by atoms with Gasteiger partial charge in [-0.15, -0.1) is 0 Å². The summed E-state index contributed by atoms with van der Waals surface area (Å²) in [6, 6.07) is 16.7. The number of hydrogen-bond acceptors (Lipinski definition) is 5. The molecule has 2 heterocycles. The summed E-state index contributed by atoms with van der Waals surface area (Å²) in [5.74, 6) is -2.08. The van der Waals surface area contributed by atoms with E-state index in [-0.39, 0.29) is 22.5 Å². The standard InChI is InChI=1S/C22H12FN3O4/c23-14-8-5-12(6-9-14)19-24-17-10-7-13(11-18(17)25-19)22(29)30-26-20(27)15-3-1-2-4-16(15)21(26)28/h1-11H,(H,24,25). The number of rotatable bonds is 3. The van der Waals surface area contributed by atoms with Crippen molar-refractivity contribution in [3.05, 3.63) is 89.2 Å². The number of halogens is 1. The van der Waals surface area contributed by atoms with Crippen molar-refractivity contribution in [2.24, 2.45) is 0 Å². The normalized spacial score (nSPS) is 13.0. The second-order valence-corrected chi connectivity index (χ2v) is 6.65. The molecule has 0 radical (unpaired) electrons. The maximum absolute atomic E-state index is 13.1. The van der Waals surface area contributed by atoms with Crippen molar-refractivity contribution >= 4 is 28.8 Å². The summed E-state index contributed by atoms with van der Waals surface area (Å²) in [6.45, 7) is 0. The van der Waals surface area contributed by atoms with Crippen LogP contribution in [0, 0.1) is 5.82 Å². The first kappa shape index (κ1) is 17.7. The van der Waals surface area contributed by atoms with E-state index in [9.17, 15) is 18.8 Å². The predicted molar refractivity (Wildman–Crippen MR) is 104 cm³/mol. The van der Waals surface area contributed by atoms with Crippen LogP contribution in [0.1, 0.15) is 31.1 Å². The molecule has 1 aliphatic rings. The molecule has 0 unspecified atom stereocenters. The first-order chi connectivity index (χ1) is 14.5. The molecule has 3 aromatic carbocycles. The lowest BCUT2D eigenvalue weighted by atomic mass is 10.1. The number of aromatic nitrogens is 2. The van der Waals surface area contributed by atoms with Crippen LogP contribution in [0.5, 0.6) is 0 Å². The Kier molecular flexibility index (Phi) is 3.92. The fourth-order valence-corrected chi connectivity index (χ4v) is 3.27. The van der Waals surface area contributed by atoms with Gasteiger partial charge in [-0.2, -0.15) is 0 Å². The second kappa shape index (κ2) is 6.63. The van der Waals surface area contributed by atoms with Gasteiger partial charge in [-0.3, -0.25) is 9.59 Å². The van der Waals surface area contributed by atoms with Gasteiger partial charge >= 0.3 is 5.97 Å². The molecule has 5 rings (SSSR count). The second-order valence-electron chi connectivity index (χ2n) is 6.65. The van der Waals surface area contributed by atoms with Gasteiger partial charge in [0.15, 0.2) is 0 Å². The van der Waals surface area contributed by atoms with Crippen molar-refractivity contribution in [3.63, 3.8) is 0 Å². The number of imide groups is 1. The molecule has 7 nitrogen and oxygen atoms in total. The highest BCUT2D eigenvalue weighted by molar-refractivity contribution is 6.21. The average Bonchev–Trinajstić information content (AvgIpc) is 3.29. The minimum Gasteiger partial charge on any atom is -0.338 e. The van der Waals surface area contributed by atoms with Crippen LogP contribution in [-0.2, 0) is 4.84 Å². The first-order valence-electron chi connectivity index (χ1n) is 8.97. The van der Waals surface area contributed by atoms with E-state index in [1.54, 1.807) is 30.3 Å². The number of carbonyl (C=O) groups is 3. The molecule has 0 spiro atoms. The summed E-state index contributed by atoms with van der Waals surface area (Å²) in [5, 5.41) is 0.466. The number of nitrogens with one attached hydrogen (secondary N) is 1. The Labute approximate surface area is 168 Å². The summed E-state index contributed by atoms with van der Waals surface area (Å²) in [6.07, 6.45) is 0. The van der Waals surface area contributed by atoms with Crippen LogP contribution >= 0.6 is 0 Å². The minimum atomic E-state index is -0.857. The van der Waals surface area contributed by atoms with Crippen LogP contribution in [0.3, 0.4) is 0 Å². The van der Waals surface area contributed by atoms with E-state index in [1.807, 2.05) is 0 Å². The zero-order valence-corrected chi connectivity index (χ0v) is 15.3. The van der Waals surface area contributed by atoms with E-state index < -0.39 is 17.8 Å². The Morgan fingerprint density at radius 2 is 1.60 bits per heavy atom. The van der Waals surface area contributed by atoms with E-state index in [1.165, 1.54) is 36.4 Å². The Morgan fingerprint density at radius 1 is 0.933 bits per heavy atom. The quantitative estimate of drug-likeness (QED) is 0.528. The highest BCUT2D eigenvalue weighted by Crippen LogP contribution is 2.25. The molecule has 30 heavy (non-hydrogen) atoms. The van der Waals surface area contributed by atoms with Crippen LogP contribution in [0.15, 0.2) is 66.7 Å². The maximum Gasteiger partial charge on any atom is 0.364 e. The van der Waals surface area contributed by atoms with Crippen molar-refractivity contribution < 1.29 is 23.6 Å². The van der Waals surface area contributed by atoms with Crippen LogP contribution in [0.4, 0.5) is 4.39 Å². The summed E-state index contributed by atoms with van der Waals surface area (Å²) >= 11 is 0. The predicted octanol–water partition coefficient (Wildman–Crippen LogP) is 3.74. The van der Waals surface area contributed by atoms with E-state index >= 15 is 0 Å². The van der Waals surface area contributed by atoms with Crippen LogP contribution in [0.25, 0.3) is 22.4 Å². The molecule has 146 valence electrons. The van der Waals surface area contributed by atoms with Crippen LogP contribution in [0.2, 0.25) is 0 Å². The number of imidazole rings is 1. The molecule has 2 amide bonds. The molecule has 0 atom stereocenters. The Hall–Kier alpha value is -4.33. The van der Waals surface area contributed by atoms with Gasteiger partial charge in [0.25, 0.3) is 11.8 Å². The van der Waals surface area contributed by atoms with Crippen molar-refractivity contribution in [1.82, 2.24) is 15.0 Å². The van der Waals surface area contributed by atoms with Crippen molar-refractivity contribution in [3.8, 4) is 11.4 Å². The average molecular weight is 401 g/mol. The number of hydrogen-bond donors (Lipinski definition) is 1. The Bertz CT molecular complexity index is 1310. The SMILES string of the molecule is O=C(ON1C(=O)c2ccccc2C1=O)c1ccc2nc(-c3ccc(F)cc3)[nH]c2c1. The summed E-state index contributed by atoms with van der Waals surface area (Å²) in [5.41, 5.74) is 2.32. The highest BCUT2D eigenvalue weighted by Gasteiger charge is 2.38. The molecule has 1 N–H and O–H groups in total. The Morgan fingerprint density at radius 3 is 2.27 bits per heavy atom. The lowest BCUT2D eigenvalue weighted by Gasteiger charge is -2.12. The molecular weight excluding hydrogens is 389 g/mol. The van der Waals surface area contributed by atoms with Gasteiger partial charge in [-0.05, 0) is 54.6 Å². The number of carbonyl (C=O) groups excluding carboxylic acids is 3. The number of nitrogens with zero attached hydrogens (tertiary/aromatic N) is 2. The Balaban J connectivity index is 1.41. The largest absolute Gasteiger partial charge is 0.364 e. The molecule has 1 aliphatic heterocycles. The van der Waals surface area contributed by atoms with Gasteiger partial charge in [0.2, 0.25) is 0 Å². The molecule has 8 heteroatoms. The molecule has 4 aromatic rings. The summed E-state index contributed by atoms with van der Waals surface area (Å²) < 4.78 is 13.1. The summed E-state index contributed by atoms with van der Waals surface area (Å²) in [7, 11) is 0. The van der Waals surface area contributed by atoms with Gasteiger partial charge in [0, 0.05) is 5.56 Å². The monoisotopic (exact) mass is 401 g/mol. The molecule has 0 fully saturated rings. The van der Waals surface area contributed by atoms with E-state index in [0.717, 1.165) is 0 Å². The van der Waals surface area contributed by atoms with Crippen molar-refractivity contribution in [2.45, 2.75) is 0 Å². The van der Waals surface area contributed by atoms with Crippen molar-refractivity contribution in [2.75, 3.05) is 0 Å².